The van der Waals surface area contributed by atoms with E-state index in [1.807, 2.05) is 37.3 Å². The van der Waals surface area contributed by atoms with Crippen molar-refractivity contribution in [2.45, 2.75) is 52.1 Å². The first-order valence-corrected chi connectivity index (χ1v) is 11.2. The van der Waals surface area contributed by atoms with Gasteiger partial charge in [0, 0.05) is 0 Å². The molecule has 0 spiro atoms. The Hall–Kier alpha value is -2.70. The van der Waals surface area contributed by atoms with Crippen molar-refractivity contribution in [3.8, 4) is 0 Å². The van der Waals surface area contributed by atoms with Gasteiger partial charge in [0.2, 0.25) is 11.8 Å². The summed E-state index contributed by atoms with van der Waals surface area (Å²) in [6.45, 7) is 4.97. The lowest BCUT2D eigenvalue weighted by Gasteiger charge is -2.29. The topological polar surface area (TPSA) is 92.8 Å². The quantitative estimate of drug-likeness (QED) is 0.534. The fourth-order valence-corrected chi connectivity index (χ4v) is 5.71. The molecule has 4 rings (SSSR count). The maximum atomic E-state index is 13.1. The maximum Gasteiger partial charge on any atom is 0.330 e. The Morgan fingerprint density at radius 3 is 2.16 bits per heavy atom. The van der Waals surface area contributed by atoms with Crippen LogP contribution in [0, 0.1) is 29.6 Å². The molecule has 0 radical (unpaired) electrons. The molecule has 0 aromatic heterocycles. The molecule has 1 aromatic carbocycles. The van der Waals surface area contributed by atoms with Crippen LogP contribution in [0.5, 0.6) is 0 Å². The van der Waals surface area contributed by atoms with Crippen molar-refractivity contribution < 1.29 is 23.9 Å². The minimum atomic E-state index is -0.996. The van der Waals surface area contributed by atoms with Gasteiger partial charge in [-0.3, -0.25) is 19.3 Å². The average molecular weight is 427 g/mol. The fourth-order valence-electron chi connectivity index (χ4n) is 5.71. The van der Waals surface area contributed by atoms with Crippen molar-refractivity contribution in [3.05, 3.63) is 35.9 Å². The molecule has 2 bridgehead atoms. The summed E-state index contributed by atoms with van der Waals surface area (Å²) >= 11 is 0. The lowest BCUT2D eigenvalue weighted by Crippen LogP contribution is -2.50. The summed E-state index contributed by atoms with van der Waals surface area (Å²) in [5.74, 6) is -1.96. The van der Waals surface area contributed by atoms with Gasteiger partial charge in [0.25, 0.3) is 5.91 Å². The van der Waals surface area contributed by atoms with Crippen molar-refractivity contribution in [3.63, 3.8) is 0 Å². The third-order valence-electron chi connectivity index (χ3n) is 7.14. The van der Waals surface area contributed by atoms with Crippen molar-refractivity contribution in [1.29, 1.82) is 0 Å². The second-order valence-corrected chi connectivity index (χ2v) is 9.43. The highest BCUT2D eigenvalue weighted by Gasteiger charge is 2.62. The number of hydrogen-bond donors (Lipinski definition) is 1. The molecule has 0 unspecified atom stereocenters. The average Bonchev–Trinajstić information content (AvgIpc) is 3.42. The normalized spacial score (nSPS) is 28.6. The van der Waals surface area contributed by atoms with Gasteiger partial charge in [-0.05, 0) is 49.5 Å². The Balaban J connectivity index is 1.39. The van der Waals surface area contributed by atoms with Crippen LogP contribution in [-0.2, 0) is 23.9 Å². The van der Waals surface area contributed by atoms with E-state index in [0.29, 0.717) is 0 Å². The Morgan fingerprint density at radius 1 is 1.03 bits per heavy atom. The largest absolute Gasteiger partial charge is 0.454 e. The number of fused-ring (bicyclic) bond motifs is 5. The summed E-state index contributed by atoms with van der Waals surface area (Å²) in [4.78, 5) is 52.5. The molecule has 1 N–H and O–H groups in total. The van der Waals surface area contributed by atoms with Gasteiger partial charge < -0.3 is 10.1 Å². The first-order valence-electron chi connectivity index (χ1n) is 11.2. The number of esters is 1. The number of amides is 3. The number of carbonyl (C=O) groups is 4. The third-order valence-corrected chi connectivity index (χ3v) is 7.14. The number of imide groups is 1. The van der Waals surface area contributed by atoms with Crippen molar-refractivity contribution in [1.82, 2.24) is 10.2 Å². The maximum absolute atomic E-state index is 13.1. The van der Waals surface area contributed by atoms with Crippen LogP contribution in [0.2, 0.25) is 0 Å². The van der Waals surface area contributed by atoms with Crippen LogP contribution in [0.15, 0.2) is 30.3 Å². The second-order valence-electron chi connectivity index (χ2n) is 9.43. The van der Waals surface area contributed by atoms with Crippen LogP contribution >= 0.6 is 0 Å². The van der Waals surface area contributed by atoms with E-state index in [9.17, 15) is 19.2 Å². The molecular formula is C24H30N2O5. The van der Waals surface area contributed by atoms with E-state index >= 15 is 0 Å². The number of benzene rings is 1. The zero-order valence-electron chi connectivity index (χ0n) is 18.2. The minimum Gasteiger partial charge on any atom is -0.454 e. The zero-order chi connectivity index (χ0) is 22.3. The molecule has 166 valence electrons. The van der Waals surface area contributed by atoms with Gasteiger partial charge in [-0.1, -0.05) is 44.2 Å². The summed E-state index contributed by atoms with van der Waals surface area (Å²) in [7, 11) is 0. The van der Waals surface area contributed by atoms with Crippen LogP contribution in [0.1, 0.15) is 51.6 Å². The predicted octanol–water partition coefficient (Wildman–Crippen LogP) is 2.46. The van der Waals surface area contributed by atoms with E-state index in [-0.39, 0.29) is 47.4 Å². The van der Waals surface area contributed by atoms with Gasteiger partial charge in [-0.25, -0.2) is 4.79 Å². The lowest BCUT2D eigenvalue weighted by atomic mass is 9.81. The first kappa shape index (κ1) is 21.5. The van der Waals surface area contributed by atoms with Crippen molar-refractivity contribution in [2.24, 2.45) is 29.6 Å². The molecule has 3 aliphatic rings. The Kier molecular flexibility index (Phi) is 5.86. The molecule has 1 aromatic rings. The standard InChI is InChI=1S/C24H30N2O5/c1-13(2)21(26-22(28)19-16-9-10-17(11-16)20(19)23(26)29)24(30)31-12-18(27)25-14(3)15-7-5-4-6-8-15/h4-8,13-14,16-17,19-21H,9-12H2,1-3H3,(H,25,27)/t14-,16-,17-,19+,20+,21-/m0/s1. The Bertz CT molecular complexity index is 855. The van der Waals surface area contributed by atoms with Gasteiger partial charge in [0.05, 0.1) is 17.9 Å². The molecule has 6 atom stereocenters. The highest BCUT2D eigenvalue weighted by Crippen LogP contribution is 2.56. The first-order chi connectivity index (χ1) is 14.8. The van der Waals surface area contributed by atoms with Crippen LogP contribution in [0.3, 0.4) is 0 Å². The highest BCUT2D eigenvalue weighted by molar-refractivity contribution is 6.08. The zero-order valence-corrected chi connectivity index (χ0v) is 18.2. The number of carbonyl (C=O) groups excluding carboxylic acids is 4. The summed E-state index contributed by atoms with van der Waals surface area (Å²) in [5, 5.41) is 2.80. The van der Waals surface area contributed by atoms with Gasteiger partial charge in [0.15, 0.2) is 6.61 Å². The van der Waals surface area contributed by atoms with Crippen LogP contribution in [0.25, 0.3) is 0 Å². The molecule has 3 fully saturated rings. The second kappa shape index (κ2) is 8.44. The van der Waals surface area contributed by atoms with Crippen molar-refractivity contribution >= 4 is 23.7 Å². The van der Waals surface area contributed by atoms with Crippen molar-refractivity contribution in [2.75, 3.05) is 6.61 Å². The molecule has 2 saturated carbocycles. The highest BCUT2D eigenvalue weighted by atomic mass is 16.5. The summed E-state index contributed by atoms with van der Waals surface area (Å²) in [6, 6.07) is 8.25. The molecule has 2 aliphatic carbocycles. The van der Waals surface area contributed by atoms with E-state index in [0.717, 1.165) is 29.7 Å². The minimum absolute atomic E-state index is 0.232. The number of ether oxygens (including phenoxy) is 1. The van der Waals surface area contributed by atoms with E-state index in [4.69, 9.17) is 4.74 Å². The smallest absolute Gasteiger partial charge is 0.330 e. The van der Waals surface area contributed by atoms with Gasteiger partial charge in [-0.2, -0.15) is 0 Å². The number of nitrogens with zero attached hydrogens (tertiary/aromatic N) is 1. The molecule has 7 nitrogen and oxygen atoms in total. The molecular weight excluding hydrogens is 396 g/mol. The van der Waals surface area contributed by atoms with E-state index in [1.165, 1.54) is 0 Å². The van der Waals surface area contributed by atoms with Crippen LogP contribution < -0.4 is 5.32 Å². The Labute approximate surface area is 182 Å². The van der Waals surface area contributed by atoms with Gasteiger partial charge >= 0.3 is 5.97 Å². The number of nitrogens with one attached hydrogen (secondary N) is 1. The lowest BCUT2D eigenvalue weighted by molar-refractivity contribution is -0.162. The number of likely N-dealkylation sites (tertiary alicyclic amines) is 1. The van der Waals surface area contributed by atoms with Crippen LogP contribution in [-0.4, -0.2) is 41.2 Å². The number of rotatable bonds is 7. The SMILES string of the molecule is CC(C)[C@@H](C(=O)OCC(=O)N[C@@H](C)c1ccccc1)N1C(=O)[C@@H]2[C@H]3CC[C@@H](C3)[C@H]2C1=O. The molecule has 1 saturated heterocycles. The monoisotopic (exact) mass is 426 g/mol. The molecule has 7 heteroatoms. The number of hydrogen-bond acceptors (Lipinski definition) is 5. The van der Waals surface area contributed by atoms with Gasteiger partial charge in [0.1, 0.15) is 6.04 Å². The fraction of sp³-hybridized carbons (Fsp3) is 0.583. The third kappa shape index (κ3) is 3.86. The summed E-state index contributed by atoms with van der Waals surface area (Å²) in [6.07, 6.45) is 2.90. The van der Waals surface area contributed by atoms with E-state index in [2.05, 4.69) is 5.32 Å². The van der Waals surface area contributed by atoms with E-state index < -0.39 is 24.5 Å². The molecule has 1 aliphatic heterocycles. The Morgan fingerprint density at radius 2 is 1.61 bits per heavy atom. The summed E-state index contributed by atoms with van der Waals surface area (Å²) in [5.41, 5.74) is 0.941. The van der Waals surface area contributed by atoms with Crippen LogP contribution in [0.4, 0.5) is 0 Å². The molecule has 31 heavy (non-hydrogen) atoms. The molecule has 3 amide bonds. The predicted molar refractivity (Wildman–Crippen MR) is 112 cm³/mol. The molecule has 1 heterocycles. The van der Waals surface area contributed by atoms with E-state index in [1.54, 1.807) is 13.8 Å². The summed E-state index contributed by atoms with van der Waals surface area (Å²) < 4.78 is 5.27. The van der Waals surface area contributed by atoms with Gasteiger partial charge in [-0.15, -0.1) is 0 Å².